The summed E-state index contributed by atoms with van der Waals surface area (Å²) in [5.41, 5.74) is 6.66. The fourth-order valence-electron chi connectivity index (χ4n) is 2.18. The predicted octanol–water partition coefficient (Wildman–Crippen LogP) is 3.54. The van der Waals surface area contributed by atoms with Crippen molar-refractivity contribution >= 4 is 5.69 Å². The number of nitrogens with two attached hydrogens (primary N) is 1. The summed E-state index contributed by atoms with van der Waals surface area (Å²) >= 11 is 0. The van der Waals surface area contributed by atoms with E-state index in [0.29, 0.717) is 6.54 Å². The van der Waals surface area contributed by atoms with Gasteiger partial charge in [0.2, 0.25) is 0 Å². The maximum absolute atomic E-state index is 13.4. The molecule has 0 heterocycles. The first-order valence-electron chi connectivity index (χ1n) is 6.92. The molecule has 1 rings (SSSR count). The van der Waals surface area contributed by atoms with Gasteiger partial charge in [-0.2, -0.15) is 0 Å². The number of methoxy groups -OCH3 is 1. The smallest absolute Gasteiger partial charge is 0.165 e. The highest BCUT2D eigenvalue weighted by atomic mass is 19.1. The average Bonchev–Trinajstić information content (AvgIpc) is 2.45. The van der Waals surface area contributed by atoms with Gasteiger partial charge in [0, 0.05) is 23.8 Å². The number of hydrogen-bond acceptors (Lipinski definition) is 3. The Kier molecular flexibility index (Phi) is 6.09. The van der Waals surface area contributed by atoms with Gasteiger partial charge in [-0.05, 0) is 25.0 Å². The molecule has 3 nitrogen and oxygen atoms in total. The van der Waals surface area contributed by atoms with E-state index in [2.05, 4.69) is 19.2 Å². The summed E-state index contributed by atoms with van der Waals surface area (Å²) in [6.45, 7) is 4.84. The second-order valence-electron chi connectivity index (χ2n) is 4.92. The van der Waals surface area contributed by atoms with Gasteiger partial charge in [-0.1, -0.05) is 26.7 Å². The Labute approximate surface area is 115 Å². The molecule has 0 saturated carbocycles. The zero-order valence-electron chi connectivity index (χ0n) is 12.1. The van der Waals surface area contributed by atoms with Gasteiger partial charge < -0.3 is 15.8 Å². The van der Waals surface area contributed by atoms with Crippen molar-refractivity contribution in [1.29, 1.82) is 0 Å². The summed E-state index contributed by atoms with van der Waals surface area (Å²) in [5.74, 6) is -0.0982. The van der Waals surface area contributed by atoms with Crippen molar-refractivity contribution < 1.29 is 9.13 Å². The van der Waals surface area contributed by atoms with Crippen LogP contribution in [0.2, 0.25) is 0 Å². The molecule has 1 atom stereocenters. The minimum absolute atomic E-state index is 0.126. The minimum Gasteiger partial charge on any atom is -0.494 e. The minimum atomic E-state index is -0.351. The first-order chi connectivity index (χ1) is 9.10. The lowest BCUT2D eigenvalue weighted by Crippen LogP contribution is -2.45. The van der Waals surface area contributed by atoms with E-state index in [1.807, 2.05) is 0 Å². The molecule has 108 valence electrons. The lowest BCUT2D eigenvalue weighted by Gasteiger charge is -2.34. The Balaban J connectivity index is 2.89. The molecule has 0 spiro atoms. The van der Waals surface area contributed by atoms with Crippen LogP contribution in [-0.4, -0.2) is 19.2 Å². The molecule has 4 heteroatoms. The van der Waals surface area contributed by atoms with E-state index < -0.39 is 0 Å². The van der Waals surface area contributed by atoms with Gasteiger partial charge >= 0.3 is 0 Å². The maximum Gasteiger partial charge on any atom is 0.165 e. The fourth-order valence-corrected chi connectivity index (χ4v) is 2.18. The number of benzene rings is 1. The van der Waals surface area contributed by atoms with E-state index in [1.54, 1.807) is 12.1 Å². The van der Waals surface area contributed by atoms with Gasteiger partial charge in [0.15, 0.2) is 11.6 Å². The molecule has 1 aromatic rings. The quantitative estimate of drug-likeness (QED) is 0.758. The predicted molar refractivity (Wildman–Crippen MR) is 78.2 cm³/mol. The van der Waals surface area contributed by atoms with Crippen LogP contribution in [-0.2, 0) is 0 Å². The number of ether oxygens (including phenoxy) is 1. The van der Waals surface area contributed by atoms with Crippen molar-refractivity contribution in [2.75, 3.05) is 19.0 Å². The third-order valence-electron chi connectivity index (χ3n) is 3.64. The van der Waals surface area contributed by atoms with Crippen molar-refractivity contribution in [3.05, 3.63) is 24.0 Å². The molecule has 0 amide bonds. The Morgan fingerprint density at radius 2 is 2.11 bits per heavy atom. The van der Waals surface area contributed by atoms with Crippen LogP contribution in [0.4, 0.5) is 10.1 Å². The van der Waals surface area contributed by atoms with E-state index in [4.69, 9.17) is 10.5 Å². The van der Waals surface area contributed by atoms with Gasteiger partial charge in [0.05, 0.1) is 7.11 Å². The van der Waals surface area contributed by atoms with Gasteiger partial charge in [-0.15, -0.1) is 0 Å². The molecule has 1 aromatic carbocycles. The highest BCUT2D eigenvalue weighted by Gasteiger charge is 2.25. The molecular weight excluding hydrogens is 243 g/mol. The summed E-state index contributed by atoms with van der Waals surface area (Å²) in [6, 6.07) is 4.82. The Morgan fingerprint density at radius 1 is 1.37 bits per heavy atom. The van der Waals surface area contributed by atoms with Crippen molar-refractivity contribution in [2.24, 2.45) is 5.73 Å². The molecule has 0 saturated heterocycles. The van der Waals surface area contributed by atoms with Gasteiger partial charge in [-0.3, -0.25) is 0 Å². The zero-order valence-corrected chi connectivity index (χ0v) is 12.1. The number of unbranched alkanes of at least 4 members (excludes halogenated alkanes) is 1. The van der Waals surface area contributed by atoms with E-state index in [9.17, 15) is 4.39 Å². The Morgan fingerprint density at radius 3 is 2.63 bits per heavy atom. The van der Waals surface area contributed by atoms with Gasteiger partial charge in [0.25, 0.3) is 0 Å². The SMILES string of the molecule is CCCCC(CC)(CN)Nc1ccc(F)c(OC)c1. The molecule has 19 heavy (non-hydrogen) atoms. The van der Waals surface area contributed by atoms with Crippen LogP contribution in [0, 0.1) is 5.82 Å². The van der Waals surface area contributed by atoms with E-state index >= 15 is 0 Å². The topological polar surface area (TPSA) is 47.3 Å². The van der Waals surface area contributed by atoms with Crippen LogP contribution in [0.15, 0.2) is 18.2 Å². The van der Waals surface area contributed by atoms with E-state index in [1.165, 1.54) is 13.2 Å². The summed E-state index contributed by atoms with van der Waals surface area (Å²) in [7, 11) is 1.47. The number of halogens is 1. The Hall–Kier alpha value is -1.29. The lowest BCUT2D eigenvalue weighted by atomic mass is 9.89. The van der Waals surface area contributed by atoms with Crippen molar-refractivity contribution in [3.63, 3.8) is 0 Å². The van der Waals surface area contributed by atoms with E-state index in [-0.39, 0.29) is 17.1 Å². The van der Waals surface area contributed by atoms with Crippen LogP contribution < -0.4 is 15.8 Å². The summed E-state index contributed by atoms with van der Waals surface area (Å²) in [4.78, 5) is 0. The molecule has 0 aliphatic heterocycles. The first kappa shape index (κ1) is 15.8. The summed E-state index contributed by atoms with van der Waals surface area (Å²) in [5, 5.41) is 3.46. The molecule has 0 fully saturated rings. The third-order valence-corrected chi connectivity index (χ3v) is 3.64. The molecule has 0 aliphatic rings. The van der Waals surface area contributed by atoms with E-state index in [0.717, 1.165) is 31.4 Å². The first-order valence-corrected chi connectivity index (χ1v) is 6.92. The molecule has 1 unspecified atom stereocenters. The number of nitrogens with one attached hydrogen (secondary N) is 1. The highest BCUT2D eigenvalue weighted by molar-refractivity contribution is 5.50. The van der Waals surface area contributed by atoms with Crippen LogP contribution in [0.3, 0.4) is 0 Å². The fraction of sp³-hybridized carbons (Fsp3) is 0.600. The molecule has 0 radical (unpaired) electrons. The Bertz CT molecular complexity index is 392. The van der Waals surface area contributed by atoms with Crippen LogP contribution in [0.1, 0.15) is 39.5 Å². The summed E-state index contributed by atoms with van der Waals surface area (Å²) < 4.78 is 18.4. The second-order valence-corrected chi connectivity index (χ2v) is 4.92. The number of anilines is 1. The van der Waals surface area contributed by atoms with Crippen LogP contribution >= 0.6 is 0 Å². The van der Waals surface area contributed by atoms with Crippen molar-refractivity contribution in [3.8, 4) is 5.75 Å². The monoisotopic (exact) mass is 268 g/mol. The average molecular weight is 268 g/mol. The normalized spacial score (nSPS) is 13.9. The van der Waals surface area contributed by atoms with Crippen molar-refractivity contribution in [2.45, 2.75) is 45.1 Å². The number of rotatable bonds is 8. The highest BCUT2D eigenvalue weighted by Crippen LogP contribution is 2.27. The lowest BCUT2D eigenvalue weighted by molar-refractivity contribution is 0.385. The largest absolute Gasteiger partial charge is 0.494 e. The van der Waals surface area contributed by atoms with Crippen LogP contribution in [0.25, 0.3) is 0 Å². The van der Waals surface area contributed by atoms with Crippen LogP contribution in [0.5, 0.6) is 5.75 Å². The van der Waals surface area contributed by atoms with Gasteiger partial charge in [-0.25, -0.2) is 4.39 Å². The van der Waals surface area contributed by atoms with Crippen molar-refractivity contribution in [1.82, 2.24) is 0 Å². The second kappa shape index (κ2) is 7.34. The molecular formula is C15H25FN2O. The van der Waals surface area contributed by atoms with Gasteiger partial charge in [0.1, 0.15) is 0 Å². The third kappa shape index (κ3) is 4.10. The zero-order chi connectivity index (χ0) is 14.3. The maximum atomic E-state index is 13.4. The molecule has 0 aromatic heterocycles. The standard InChI is InChI=1S/C15H25FN2O/c1-4-6-9-15(5-2,11-17)18-12-7-8-13(16)14(10-12)19-3/h7-8,10,18H,4-6,9,11,17H2,1-3H3. The molecule has 3 N–H and O–H groups in total. The molecule has 0 aliphatic carbocycles. The molecule has 0 bridgehead atoms. The summed E-state index contributed by atoms with van der Waals surface area (Å²) in [6.07, 6.45) is 4.20. The number of hydrogen-bond donors (Lipinski definition) is 2.